The van der Waals surface area contributed by atoms with Gasteiger partial charge in [-0.25, -0.2) is 4.98 Å². The number of methoxy groups -OCH3 is 1. The van der Waals surface area contributed by atoms with Gasteiger partial charge in [0, 0.05) is 17.4 Å². The zero-order valence-corrected chi connectivity index (χ0v) is 15.3. The van der Waals surface area contributed by atoms with Gasteiger partial charge in [-0.2, -0.15) is 0 Å². The standard InChI is InChI=1S/C20H20N2O3S/c1-24-18-11-6-5-10-16(18)17-14-26-20(21-17)22-19(23)12-7-13-25-15-8-3-2-4-9-15/h2-6,8-11,14H,7,12-13H2,1H3,(H,21,22,23). The lowest BCUT2D eigenvalue weighted by Gasteiger charge is -2.06. The maximum atomic E-state index is 12.1. The number of nitrogens with zero attached hydrogens (tertiary/aromatic N) is 1. The summed E-state index contributed by atoms with van der Waals surface area (Å²) in [6.45, 7) is 0.502. The van der Waals surface area contributed by atoms with Gasteiger partial charge in [0.15, 0.2) is 5.13 Å². The van der Waals surface area contributed by atoms with Crippen LogP contribution in [0.1, 0.15) is 12.8 Å². The Morgan fingerprint density at radius 2 is 1.88 bits per heavy atom. The summed E-state index contributed by atoms with van der Waals surface area (Å²) in [5.74, 6) is 1.51. The smallest absolute Gasteiger partial charge is 0.226 e. The van der Waals surface area contributed by atoms with Gasteiger partial charge < -0.3 is 14.8 Å². The number of aromatic nitrogens is 1. The lowest BCUT2D eigenvalue weighted by Crippen LogP contribution is -2.12. The van der Waals surface area contributed by atoms with Crippen LogP contribution in [0.2, 0.25) is 0 Å². The van der Waals surface area contributed by atoms with Crippen LogP contribution in [-0.4, -0.2) is 24.6 Å². The van der Waals surface area contributed by atoms with E-state index in [0.29, 0.717) is 24.6 Å². The lowest BCUT2D eigenvalue weighted by atomic mass is 10.1. The van der Waals surface area contributed by atoms with E-state index in [-0.39, 0.29) is 5.91 Å². The predicted molar refractivity (Wildman–Crippen MR) is 104 cm³/mol. The van der Waals surface area contributed by atoms with E-state index >= 15 is 0 Å². The average molecular weight is 368 g/mol. The summed E-state index contributed by atoms with van der Waals surface area (Å²) in [6, 6.07) is 17.3. The molecule has 3 aromatic rings. The van der Waals surface area contributed by atoms with Crippen molar-refractivity contribution in [3.05, 3.63) is 60.0 Å². The highest BCUT2D eigenvalue weighted by molar-refractivity contribution is 7.14. The second-order valence-corrected chi connectivity index (χ2v) is 6.41. The summed E-state index contributed by atoms with van der Waals surface area (Å²) >= 11 is 1.40. The Bertz CT molecular complexity index is 849. The molecule has 0 aliphatic carbocycles. The maximum Gasteiger partial charge on any atom is 0.226 e. The molecule has 2 aromatic carbocycles. The van der Waals surface area contributed by atoms with E-state index < -0.39 is 0 Å². The molecule has 1 aromatic heterocycles. The molecule has 0 unspecified atom stereocenters. The number of para-hydroxylation sites is 2. The van der Waals surface area contributed by atoms with Gasteiger partial charge in [-0.3, -0.25) is 4.79 Å². The predicted octanol–water partition coefficient (Wildman–Crippen LogP) is 4.62. The Kier molecular flexibility index (Phi) is 6.22. The molecule has 0 fully saturated rings. The maximum absolute atomic E-state index is 12.1. The highest BCUT2D eigenvalue weighted by atomic mass is 32.1. The third-order valence-corrected chi connectivity index (χ3v) is 4.45. The second kappa shape index (κ2) is 9.01. The first-order chi connectivity index (χ1) is 12.8. The number of hydrogen-bond acceptors (Lipinski definition) is 5. The van der Waals surface area contributed by atoms with E-state index in [1.165, 1.54) is 11.3 Å². The van der Waals surface area contributed by atoms with Gasteiger partial charge >= 0.3 is 0 Å². The third-order valence-electron chi connectivity index (χ3n) is 3.69. The Morgan fingerprint density at radius 3 is 2.69 bits per heavy atom. The summed E-state index contributed by atoms with van der Waals surface area (Å²) in [4.78, 5) is 16.5. The molecule has 1 N–H and O–H groups in total. The Labute approximate surface area is 156 Å². The lowest BCUT2D eigenvalue weighted by molar-refractivity contribution is -0.116. The largest absolute Gasteiger partial charge is 0.496 e. The van der Waals surface area contributed by atoms with E-state index in [4.69, 9.17) is 9.47 Å². The number of amides is 1. The first-order valence-corrected chi connectivity index (χ1v) is 9.21. The van der Waals surface area contributed by atoms with Crippen molar-refractivity contribution in [2.75, 3.05) is 19.0 Å². The Morgan fingerprint density at radius 1 is 1.12 bits per heavy atom. The molecule has 6 heteroatoms. The molecule has 0 bridgehead atoms. The molecule has 0 saturated heterocycles. The quantitative estimate of drug-likeness (QED) is 0.590. The van der Waals surface area contributed by atoms with E-state index in [0.717, 1.165) is 22.8 Å². The summed E-state index contributed by atoms with van der Waals surface area (Å²) in [7, 11) is 1.63. The normalized spacial score (nSPS) is 10.3. The number of anilines is 1. The van der Waals surface area contributed by atoms with Crippen molar-refractivity contribution in [2.45, 2.75) is 12.8 Å². The molecular formula is C20H20N2O3S. The minimum absolute atomic E-state index is 0.0670. The van der Waals surface area contributed by atoms with Gasteiger partial charge in [0.2, 0.25) is 5.91 Å². The molecule has 0 spiro atoms. The second-order valence-electron chi connectivity index (χ2n) is 5.55. The van der Waals surface area contributed by atoms with Crippen LogP contribution in [0.3, 0.4) is 0 Å². The monoisotopic (exact) mass is 368 g/mol. The molecule has 0 saturated carbocycles. The van der Waals surface area contributed by atoms with Crippen LogP contribution >= 0.6 is 11.3 Å². The minimum atomic E-state index is -0.0670. The van der Waals surface area contributed by atoms with Crippen molar-refractivity contribution in [3.8, 4) is 22.8 Å². The third kappa shape index (κ3) is 4.83. The number of ether oxygens (including phenoxy) is 2. The van der Waals surface area contributed by atoms with Crippen molar-refractivity contribution in [3.63, 3.8) is 0 Å². The van der Waals surface area contributed by atoms with Gasteiger partial charge in [0.25, 0.3) is 0 Å². The van der Waals surface area contributed by atoms with Crippen molar-refractivity contribution in [2.24, 2.45) is 0 Å². The van der Waals surface area contributed by atoms with Crippen molar-refractivity contribution < 1.29 is 14.3 Å². The number of carbonyl (C=O) groups is 1. The first-order valence-electron chi connectivity index (χ1n) is 8.33. The number of thiazole rings is 1. The number of hydrogen-bond donors (Lipinski definition) is 1. The van der Waals surface area contributed by atoms with Crippen LogP contribution in [0, 0.1) is 0 Å². The van der Waals surface area contributed by atoms with Crippen LogP contribution in [0.4, 0.5) is 5.13 Å². The molecule has 0 radical (unpaired) electrons. The highest BCUT2D eigenvalue weighted by Gasteiger charge is 2.11. The van der Waals surface area contributed by atoms with Crippen LogP contribution < -0.4 is 14.8 Å². The molecule has 0 aliphatic heterocycles. The van der Waals surface area contributed by atoms with E-state index in [9.17, 15) is 4.79 Å². The topological polar surface area (TPSA) is 60.5 Å². The summed E-state index contributed by atoms with van der Waals surface area (Å²) in [6.07, 6.45) is 1.03. The zero-order chi connectivity index (χ0) is 18.2. The highest BCUT2D eigenvalue weighted by Crippen LogP contribution is 2.31. The molecule has 134 valence electrons. The van der Waals surface area contributed by atoms with Crippen molar-refractivity contribution >= 4 is 22.4 Å². The summed E-state index contributed by atoms with van der Waals surface area (Å²) in [5, 5.41) is 5.33. The van der Waals surface area contributed by atoms with Crippen LogP contribution in [0.25, 0.3) is 11.3 Å². The van der Waals surface area contributed by atoms with Gasteiger partial charge in [0.1, 0.15) is 11.5 Å². The summed E-state index contributed by atoms with van der Waals surface area (Å²) in [5.41, 5.74) is 1.69. The fourth-order valence-corrected chi connectivity index (χ4v) is 3.16. The first kappa shape index (κ1) is 17.9. The Balaban J connectivity index is 1.48. The fraction of sp³-hybridized carbons (Fsp3) is 0.200. The Hall–Kier alpha value is -2.86. The molecule has 3 rings (SSSR count). The number of benzene rings is 2. The molecule has 5 nitrogen and oxygen atoms in total. The van der Waals surface area contributed by atoms with E-state index in [2.05, 4.69) is 10.3 Å². The van der Waals surface area contributed by atoms with Gasteiger partial charge in [-0.15, -0.1) is 11.3 Å². The van der Waals surface area contributed by atoms with Crippen molar-refractivity contribution in [1.29, 1.82) is 0 Å². The van der Waals surface area contributed by atoms with Gasteiger partial charge in [-0.05, 0) is 30.7 Å². The zero-order valence-electron chi connectivity index (χ0n) is 14.5. The fourth-order valence-electron chi connectivity index (χ4n) is 2.43. The van der Waals surface area contributed by atoms with E-state index in [1.54, 1.807) is 7.11 Å². The number of carbonyl (C=O) groups excluding carboxylic acids is 1. The molecular weight excluding hydrogens is 348 g/mol. The van der Waals surface area contributed by atoms with Crippen LogP contribution in [0.15, 0.2) is 60.0 Å². The SMILES string of the molecule is COc1ccccc1-c1csc(NC(=O)CCCOc2ccccc2)n1. The number of rotatable bonds is 8. The molecule has 26 heavy (non-hydrogen) atoms. The summed E-state index contributed by atoms with van der Waals surface area (Å²) < 4.78 is 10.9. The van der Waals surface area contributed by atoms with E-state index in [1.807, 2.05) is 60.0 Å². The van der Waals surface area contributed by atoms with Crippen LogP contribution in [-0.2, 0) is 4.79 Å². The molecule has 0 aliphatic rings. The van der Waals surface area contributed by atoms with Crippen LogP contribution in [0.5, 0.6) is 11.5 Å². The van der Waals surface area contributed by atoms with Gasteiger partial charge in [0.05, 0.1) is 19.4 Å². The minimum Gasteiger partial charge on any atom is -0.496 e. The molecule has 1 amide bonds. The molecule has 1 heterocycles. The van der Waals surface area contributed by atoms with Gasteiger partial charge in [-0.1, -0.05) is 30.3 Å². The average Bonchev–Trinajstić information content (AvgIpc) is 3.14. The van der Waals surface area contributed by atoms with Crippen molar-refractivity contribution in [1.82, 2.24) is 4.98 Å². The number of nitrogens with one attached hydrogen (secondary N) is 1. The molecule has 0 atom stereocenters.